The molecule has 1 atom stereocenters. The second-order valence-corrected chi connectivity index (χ2v) is 9.54. The maximum Gasteiger partial charge on any atom is 0.244 e. The summed E-state index contributed by atoms with van der Waals surface area (Å²) in [6, 6.07) is 7.37. The third-order valence-corrected chi connectivity index (χ3v) is 7.23. The van der Waals surface area contributed by atoms with Gasteiger partial charge in [0.2, 0.25) is 10.0 Å². The first kappa shape index (κ1) is 20.3. The zero-order chi connectivity index (χ0) is 19.3. The second kappa shape index (κ2) is 9.19. The molecule has 2 aromatic rings. The lowest BCUT2D eigenvalue weighted by Crippen LogP contribution is -2.38. The number of methoxy groups -OCH3 is 1. The molecule has 0 unspecified atom stereocenters. The van der Waals surface area contributed by atoms with Crippen LogP contribution in [0, 0.1) is 6.92 Å². The van der Waals surface area contributed by atoms with Gasteiger partial charge in [0.05, 0.1) is 7.11 Å². The monoisotopic (exact) mass is 408 g/mol. The fraction of sp³-hybridized carbons (Fsp3) is 0.500. The van der Waals surface area contributed by atoms with E-state index >= 15 is 0 Å². The van der Waals surface area contributed by atoms with Crippen molar-refractivity contribution in [2.75, 3.05) is 26.7 Å². The van der Waals surface area contributed by atoms with E-state index in [2.05, 4.69) is 26.4 Å². The summed E-state index contributed by atoms with van der Waals surface area (Å²) < 4.78 is 34.1. The Morgan fingerprint density at radius 2 is 1.93 bits per heavy atom. The van der Waals surface area contributed by atoms with Gasteiger partial charge in [0.15, 0.2) is 0 Å². The second-order valence-electron chi connectivity index (χ2n) is 7.03. The Balaban J connectivity index is 1.81. The van der Waals surface area contributed by atoms with Gasteiger partial charge in [0.1, 0.15) is 10.6 Å². The number of sulfonamides is 1. The van der Waals surface area contributed by atoms with Gasteiger partial charge in [-0.25, -0.2) is 13.1 Å². The minimum atomic E-state index is -3.66. The molecule has 1 aromatic heterocycles. The predicted octanol–water partition coefficient (Wildman–Crippen LogP) is 3.96. The maximum atomic E-state index is 13.0. The van der Waals surface area contributed by atoms with Gasteiger partial charge in [0, 0.05) is 12.6 Å². The van der Waals surface area contributed by atoms with Gasteiger partial charge in [-0.15, -0.1) is 0 Å². The van der Waals surface area contributed by atoms with E-state index in [1.54, 1.807) is 23.5 Å². The zero-order valence-corrected chi connectivity index (χ0v) is 17.6. The minimum Gasteiger partial charge on any atom is -0.495 e. The Kier molecular flexibility index (Phi) is 6.92. The van der Waals surface area contributed by atoms with E-state index in [9.17, 15) is 8.42 Å². The number of nitrogens with one attached hydrogen (secondary N) is 1. The predicted molar refractivity (Wildman–Crippen MR) is 110 cm³/mol. The standard InChI is InChI=1S/C20H28N2O3S2/c1-16-7-8-19(25-2)20(13-16)27(23,24)21-14-18(17-9-12-26-15-17)22-10-5-3-4-6-11-22/h7-9,12-13,15,18,21H,3-6,10-11,14H2,1-2H3/t18-/m1/s1. The molecule has 3 rings (SSSR count). The average Bonchev–Trinajstić information content (AvgIpc) is 3.05. The van der Waals surface area contributed by atoms with Crippen LogP contribution in [0.5, 0.6) is 5.75 Å². The number of likely N-dealkylation sites (tertiary alicyclic amines) is 1. The summed E-state index contributed by atoms with van der Waals surface area (Å²) in [4.78, 5) is 2.62. The molecule has 0 bridgehead atoms. The minimum absolute atomic E-state index is 0.0555. The van der Waals surface area contributed by atoms with Crippen LogP contribution in [0.3, 0.4) is 0 Å². The molecule has 1 aliphatic heterocycles. The van der Waals surface area contributed by atoms with Crippen LogP contribution in [-0.2, 0) is 10.0 Å². The summed E-state index contributed by atoms with van der Waals surface area (Å²) >= 11 is 1.65. The maximum absolute atomic E-state index is 13.0. The van der Waals surface area contributed by atoms with Gasteiger partial charge < -0.3 is 4.74 Å². The molecule has 1 aromatic carbocycles. The van der Waals surface area contributed by atoms with Crippen molar-refractivity contribution in [1.29, 1.82) is 0 Å². The number of ether oxygens (including phenoxy) is 1. The van der Waals surface area contributed by atoms with Crippen molar-refractivity contribution >= 4 is 21.4 Å². The van der Waals surface area contributed by atoms with Crippen molar-refractivity contribution in [2.24, 2.45) is 0 Å². The normalized spacial score (nSPS) is 17.4. The quantitative estimate of drug-likeness (QED) is 0.753. The van der Waals surface area contributed by atoms with E-state index < -0.39 is 10.0 Å². The van der Waals surface area contributed by atoms with Crippen molar-refractivity contribution in [3.63, 3.8) is 0 Å². The molecule has 0 radical (unpaired) electrons. The topological polar surface area (TPSA) is 58.6 Å². The van der Waals surface area contributed by atoms with Gasteiger partial charge in [-0.3, -0.25) is 4.90 Å². The molecule has 1 aliphatic rings. The van der Waals surface area contributed by atoms with Crippen LogP contribution in [0.1, 0.15) is 42.9 Å². The Bertz CT molecular complexity index is 827. The van der Waals surface area contributed by atoms with Gasteiger partial charge in [0.25, 0.3) is 0 Å². The Morgan fingerprint density at radius 1 is 1.19 bits per heavy atom. The highest BCUT2D eigenvalue weighted by Crippen LogP contribution is 2.28. The van der Waals surface area contributed by atoms with E-state index in [0.717, 1.165) is 18.7 Å². The summed E-state index contributed by atoms with van der Waals surface area (Å²) in [5.41, 5.74) is 2.07. The summed E-state index contributed by atoms with van der Waals surface area (Å²) in [7, 11) is -2.16. The Morgan fingerprint density at radius 3 is 2.56 bits per heavy atom. The van der Waals surface area contributed by atoms with Crippen molar-refractivity contribution in [2.45, 2.75) is 43.5 Å². The summed E-state index contributed by atoms with van der Waals surface area (Å²) in [6.07, 6.45) is 4.83. The van der Waals surface area contributed by atoms with Crippen LogP contribution >= 0.6 is 11.3 Å². The Labute approximate surface area is 166 Å². The highest BCUT2D eigenvalue weighted by Gasteiger charge is 2.26. The van der Waals surface area contributed by atoms with Crippen LogP contribution in [0.25, 0.3) is 0 Å². The number of nitrogens with zero attached hydrogens (tertiary/aromatic N) is 1. The number of rotatable bonds is 7. The molecule has 148 valence electrons. The number of benzene rings is 1. The molecular formula is C20H28N2O3S2. The van der Waals surface area contributed by atoms with Crippen molar-refractivity contribution < 1.29 is 13.2 Å². The molecule has 0 spiro atoms. The van der Waals surface area contributed by atoms with E-state index in [1.807, 2.05) is 13.0 Å². The molecular weight excluding hydrogens is 380 g/mol. The molecule has 0 saturated carbocycles. The first-order valence-corrected chi connectivity index (χ1v) is 11.8. The highest BCUT2D eigenvalue weighted by molar-refractivity contribution is 7.89. The molecule has 1 saturated heterocycles. The first-order chi connectivity index (χ1) is 13.0. The number of hydrogen-bond acceptors (Lipinski definition) is 5. The van der Waals surface area contributed by atoms with E-state index in [4.69, 9.17) is 4.74 Å². The smallest absolute Gasteiger partial charge is 0.244 e. The molecule has 0 aliphatic carbocycles. The number of hydrogen-bond donors (Lipinski definition) is 1. The first-order valence-electron chi connectivity index (χ1n) is 9.42. The van der Waals surface area contributed by atoms with Gasteiger partial charge in [-0.2, -0.15) is 11.3 Å². The van der Waals surface area contributed by atoms with Crippen LogP contribution in [0.15, 0.2) is 39.9 Å². The van der Waals surface area contributed by atoms with Gasteiger partial charge >= 0.3 is 0 Å². The van der Waals surface area contributed by atoms with E-state index in [-0.39, 0.29) is 10.9 Å². The molecule has 7 heteroatoms. The SMILES string of the molecule is COc1ccc(C)cc1S(=O)(=O)NC[C@H](c1ccsc1)N1CCCCCC1. The fourth-order valence-corrected chi connectivity index (χ4v) is 5.59. The summed E-state index contributed by atoms with van der Waals surface area (Å²) in [5.74, 6) is 0.370. The zero-order valence-electron chi connectivity index (χ0n) is 16.0. The fourth-order valence-electron chi connectivity index (χ4n) is 3.59. The lowest BCUT2D eigenvalue weighted by atomic mass is 10.1. The average molecular weight is 409 g/mol. The summed E-state index contributed by atoms with van der Waals surface area (Å²) in [5, 5.41) is 4.18. The lowest BCUT2D eigenvalue weighted by Gasteiger charge is -2.30. The lowest BCUT2D eigenvalue weighted by molar-refractivity contribution is 0.206. The van der Waals surface area contributed by atoms with Crippen molar-refractivity contribution in [3.05, 3.63) is 46.2 Å². The molecule has 5 nitrogen and oxygen atoms in total. The summed E-state index contributed by atoms with van der Waals surface area (Å²) in [6.45, 7) is 4.26. The van der Waals surface area contributed by atoms with Crippen LogP contribution < -0.4 is 9.46 Å². The van der Waals surface area contributed by atoms with Gasteiger partial charge in [-0.1, -0.05) is 18.9 Å². The number of thiophene rings is 1. The molecule has 27 heavy (non-hydrogen) atoms. The molecule has 0 amide bonds. The van der Waals surface area contributed by atoms with Gasteiger partial charge in [-0.05, 0) is 72.9 Å². The number of aryl methyl sites for hydroxylation is 1. The van der Waals surface area contributed by atoms with E-state index in [1.165, 1.54) is 38.4 Å². The molecule has 1 N–H and O–H groups in total. The highest BCUT2D eigenvalue weighted by atomic mass is 32.2. The van der Waals surface area contributed by atoms with Crippen molar-refractivity contribution in [3.8, 4) is 5.75 Å². The third-order valence-electron chi connectivity index (χ3n) is 5.08. The van der Waals surface area contributed by atoms with Crippen molar-refractivity contribution in [1.82, 2.24) is 9.62 Å². The largest absolute Gasteiger partial charge is 0.495 e. The molecule has 1 fully saturated rings. The van der Waals surface area contributed by atoms with E-state index in [0.29, 0.717) is 12.3 Å². The van der Waals surface area contributed by atoms with Crippen LogP contribution in [-0.4, -0.2) is 40.1 Å². The molecule has 2 heterocycles. The van der Waals surface area contributed by atoms with Crippen LogP contribution in [0.4, 0.5) is 0 Å². The third kappa shape index (κ3) is 5.10. The Hall–Kier alpha value is -1.41. The van der Waals surface area contributed by atoms with Crippen LogP contribution in [0.2, 0.25) is 0 Å².